The maximum atomic E-state index is 12.4. The topological polar surface area (TPSA) is 91.2 Å². The number of nitrogens with one attached hydrogen (secondary N) is 1. The highest BCUT2D eigenvalue weighted by Crippen LogP contribution is 2.29. The third-order valence-corrected chi connectivity index (χ3v) is 3.31. The molecule has 0 aliphatic carbocycles. The van der Waals surface area contributed by atoms with Gasteiger partial charge in [0.1, 0.15) is 17.8 Å². The van der Waals surface area contributed by atoms with Gasteiger partial charge < -0.3 is 14.8 Å². The van der Waals surface area contributed by atoms with E-state index < -0.39 is 5.91 Å². The molecule has 1 N–H and O–H groups in total. The minimum absolute atomic E-state index is 0.184. The lowest BCUT2D eigenvalue weighted by atomic mass is 10.2. The highest BCUT2D eigenvalue weighted by Gasteiger charge is 2.13. The van der Waals surface area contributed by atoms with Crippen molar-refractivity contribution in [3.05, 3.63) is 54.7 Å². The van der Waals surface area contributed by atoms with Crippen molar-refractivity contribution in [2.24, 2.45) is 0 Å². The molecule has 8 nitrogen and oxygen atoms in total. The van der Waals surface area contributed by atoms with Crippen molar-refractivity contribution >= 4 is 11.6 Å². The summed E-state index contributed by atoms with van der Waals surface area (Å²) in [6.45, 7) is 0. The van der Waals surface area contributed by atoms with Crippen LogP contribution < -0.4 is 14.8 Å². The summed E-state index contributed by atoms with van der Waals surface area (Å²) >= 11 is 0. The molecule has 0 bridgehead atoms. The number of anilines is 1. The second-order valence-corrected chi connectivity index (χ2v) is 4.77. The molecule has 1 amide bonds. The zero-order chi connectivity index (χ0) is 16.9. The third-order valence-electron chi connectivity index (χ3n) is 3.31. The minimum Gasteiger partial charge on any atom is -0.497 e. The number of hydrogen-bond donors (Lipinski definition) is 1. The number of rotatable bonds is 5. The van der Waals surface area contributed by atoms with Gasteiger partial charge in [-0.1, -0.05) is 0 Å². The molecule has 0 aliphatic rings. The SMILES string of the molecule is COc1ccc(OC)c(NC(=O)c2ccc(-n3ccnc3)nn2)c1. The van der Waals surface area contributed by atoms with Gasteiger partial charge in [0.15, 0.2) is 11.5 Å². The Morgan fingerprint density at radius 2 is 2.00 bits per heavy atom. The molecule has 0 saturated carbocycles. The number of imidazole rings is 1. The zero-order valence-electron chi connectivity index (χ0n) is 13.1. The highest BCUT2D eigenvalue weighted by atomic mass is 16.5. The Kier molecular flexibility index (Phi) is 4.37. The molecule has 2 heterocycles. The fraction of sp³-hybridized carbons (Fsp3) is 0.125. The minimum atomic E-state index is -0.397. The highest BCUT2D eigenvalue weighted by molar-refractivity contribution is 6.03. The molecule has 1 aromatic carbocycles. The van der Waals surface area contributed by atoms with E-state index in [0.29, 0.717) is 23.0 Å². The molecule has 0 saturated heterocycles. The maximum Gasteiger partial charge on any atom is 0.276 e. The second kappa shape index (κ2) is 6.78. The van der Waals surface area contributed by atoms with Crippen molar-refractivity contribution in [3.8, 4) is 17.3 Å². The molecule has 0 spiro atoms. The van der Waals surface area contributed by atoms with Crippen molar-refractivity contribution in [1.29, 1.82) is 0 Å². The average Bonchev–Trinajstić information content (AvgIpc) is 3.16. The number of nitrogens with zero attached hydrogens (tertiary/aromatic N) is 4. The molecular weight excluding hydrogens is 310 g/mol. The number of hydrogen-bond acceptors (Lipinski definition) is 6. The van der Waals surface area contributed by atoms with Crippen LogP contribution in [0.2, 0.25) is 0 Å². The molecule has 0 radical (unpaired) electrons. The van der Waals surface area contributed by atoms with E-state index in [4.69, 9.17) is 9.47 Å². The molecule has 0 aliphatic heterocycles. The lowest BCUT2D eigenvalue weighted by Crippen LogP contribution is -2.15. The number of benzene rings is 1. The summed E-state index contributed by atoms with van der Waals surface area (Å²) in [6.07, 6.45) is 4.98. The maximum absolute atomic E-state index is 12.4. The predicted molar refractivity (Wildman–Crippen MR) is 86.7 cm³/mol. The van der Waals surface area contributed by atoms with Gasteiger partial charge in [-0.2, -0.15) is 0 Å². The molecule has 0 fully saturated rings. The predicted octanol–water partition coefficient (Wildman–Crippen LogP) is 1.93. The van der Waals surface area contributed by atoms with E-state index in [1.54, 1.807) is 60.7 Å². The van der Waals surface area contributed by atoms with E-state index in [1.807, 2.05) is 0 Å². The largest absolute Gasteiger partial charge is 0.497 e. The number of aromatic nitrogens is 4. The molecule has 122 valence electrons. The van der Waals surface area contributed by atoms with E-state index >= 15 is 0 Å². The van der Waals surface area contributed by atoms with E-state index in [2.05, 4.69) is 20.5 Å². The Morgan fingerprint density at radius 1 is 1.12 bits per heavy atom. The average molecular weight is 325 g/mol. The lowest BCUT2D eigenvalue weighted by Gasteiger charge is -2.11. The Balaban J connectivity index is 1.80. The molecule has 0 atom stereocenters. The van der Waals surface area contributed by atoms with Crippen LogP contribution in [0.25, 0.3) is 5.82 Å². The van der Waals surface area contributed by atoms with Crippen molar-refractivity contribution in [2.75, 3.05) is 19.5 Å². The van der Waals surface area contributed by atoms with Crippen LogP contribution in [0.3, 0.4) is 0 Å². The number of ether oxygens (including phenoxy) is 2. The molecule has 24 heavy (non-hydrogen) atoms. The summed E-state index contributed by atoms with van der Waals surface area (Å²) in [5.41, 5.74) is 0.672. The van der Waals surface area contributed by atoms with Crippen molar-refractivity contribution in [3.63, 3.8) is 0 Å². The normalized spacial score (nSPS) is 10.2. The molecule has 3 rings (SSSR count). The van der Waals surface area contributed by atoms with Crippen LogP contribution in [0.1, 0.15) is 10.5 Å². The van der Waals surface area contributed by atoms with Gasteiger partial charge in [0.2, 0.25) is 0 Å². The number of methoxy groups -OCH3 is 2. The van der Waals surface area contributed by atoms with Gasteiger partial charge >= 0.3 is 0 Å². The first-order valence-corrected chi connectivity index (χ1v) is 7.06. The Hall–Kier alpha value is -3.42. The van der Waals surface area contributed by atoms with Gasteiger partial charge in [-0.15, -0.1) is 10.2 Å². The van der Waals surface area contributed by atoms with Gasteiger partial charge in [-0.3, -0.25) is 9.36 Å². The van der Waals surface area contributed by atoms with Crippen molar-refractivity contribution in [1.82, 2.24) is 19.7 Å². The Labute approximate surface area is 138 Å². The standard InChI is InChI=1S/C16H15N5O3/c1-23-11-3-5-14(24-2)13(9-11)18-16(22)12-4-6-15(20-19-12)21-8-7-17-10-21/h3-10H,1-2H3,(H,18,22). The molecule has 2 aromatic heterocycles. The summed E-state index contributed by atoms with van der Waals surface area (Å²) in [6, 6.07) is 8.40. The fourth-order valence-corrected chi connectivity index (χ4v) is 2.08. The van der Waals surface area contributed by atoms with Crippen LogP contribution in [0.4, 0.5) is 5.69 Å². The lowest BCUT2D eigenvalue weighted by molar-refractivity contribution is 0.102. The van der Waals surface area contributed by atoms with Gasteiger partial charge in [0.05, 0.1) is 19.9 Å². The quantitative estimate of drug-likeness (QED) is 0.771. The van der Waals surface area contributed by atoms with Crippen molar-refractivity contribution < 1.29 is 14.3 Å². The Bertz CT molecular complexity index is 831. The first kappa shape index (κ1) is 15.5. The van der Waals surface area contributed by atoms with E-state index in [1.165, 1.54) is 7.11 Å². The number of carbonyl (C=O) groups excluding carboxylic acids is 1. The first-order chi connectivity index (χ1) is 11.7. The fourth-order valence-electron chi connectivity index (χ4n) is 2.08. The van der Waals surface area contributed by atoms with Gasteiger partial charge in [-0.05, 0) is 24.3 Å². The number of carbonyl (C=O) groups is 1. The van der Waals surface area contributed by atoms with E-state index in [0.717, 1.165) is 0 Å². The molecular formula is C16H15N5O3. The summed E-state index contributed by atoms with van der Waals surface area (Å²) in [4.78, 5) is 16.3. The van der Waals surface area contributed by atoms with Gasteiger partial charge in [0, 0.05) is 18.5 Å². The summed E-state index contributed by atoms with van der Waals surface area (Å²) in [5, 5.41) is 10.7. The first-order valence-electron chi connectivity index (χ1n) is 7.06. The van der Waals surface area contributed by atoms with Crippen molar-refractivity contribution in [2.45, 2.75) is 0 Å². The van der Waals surface area contributed by atoms with Crippen LogP contribution in [-0.2, 0) is 0 Å². The number of amides is 1. The molecule has 0 unspecified atom stereocenters. The zero-order valence-corrected chi connectivity index (χ0v) is 13.1. The smallest absolute Gasteiger partial charge is 0.276 e. The van der Waals surface area contributed by atoms with Crippen LogP contribution in [0.5, 0.6) is 11.5 Å². The van der Waals surface area contributed by atoms with Crippen LogP contribution in [0, 0.1) is 0 Å². The van der Waals surface area contributed by atoms with Crippen LogP contribution in [-0.4, -0.2) is 39.9 Å². The van der Waals surface area contributed by atoms with Crippen LogP contribution >= 0.6 is 0 Å². The summed E-state index contributed by atoms with van der Waals surface area (Å²) in [7, 11) is 3.07. The Morgan fingerprint density at radius 3 is 2.62 bits per heavy atom. The van der Waals surface area contributed by atoms with Crippen LogP contribution in [0.15, 0.2) is 49.1 Å². The molecule has 3 aromatic rings. The monoisotopic (exact) mass is 325 g/mol. The molecule has 8 heteroatoms. The van der Waals surface area contributed by atoms with E-state index in [9.17, 15) is 4.79 Å². The van der Waals surface area contributed by atoms with Gasteiger partial charge in [0.25, 0.3) is 5.91 Å². The second-order valence-electron chi connectivity index (χ2n) is 4.77. The van der Waals surface area contributed by atoms with E-state index in [-0.39, 0.29) is 5.69 Å². The summed E-state index contributed by atoms with van der Waals surface area (Å²) < 4.78 is 12.1. The third kappa shape index (κ3) is 3.17. The summed E-state index contributed by atoms with van der Waals surface area (Å²) in [5.74, 6) is 1.30. The van der Waals surface area contributed by atoms with Gasteiger partial charge in [-0.25, -0.2) is 4.98 Å².